The van der Waals surface area contributed by atoms with E-state index in [0.717, 1.165) is 13.1 Å². The molecule has 6 heteroatoms. The Hall–Kier alpha value is -2.11. The summed E-state index contributed by atoms with van der Waals surface area (Å²) in [7, 11) is 0. The number of aromatic nitrogens is 1. The third-order valence-corrected chi connectivity index (χ3v) is 1.89. The van der Waals surface area contributed by atoms with Crippen LogP contribution in [-0.4, -0.2) is 35.1 Å². The van der Waals surface area contributed by atoms with Gasteiger partial charge in [0.15, 0.2) is 11.7 Å². The second kappa shape index (κ2) is 3.95. The van der Waals surface area contributed by atoms with E-state index in [-0.39, 0.29) is 5.69 Å². The maximum absolute atomic E-state index is 10.7. The molecule has 0 spiro atoms. The standard InChI is InChI=1S/C9H10N4O2/c14-8(15)6-2-1-3-7(12-6)13-9-10-4-5-11-9/h1-3H,4-5H2,(H,14,15)(H2,10,11,12,13). The van der Waals surface area contributed by atoms with E-state index >= 15 is 0 Å². The normalized spacial score (nSPS) is 14.3. The van der Waals surface area contributed by atoms with Crippen molar-refractivity contribution in [3.8, 4) is 0 Å². The number of guanidine groups is 1. The molecule has 0 amide bonds. The first-order chi connectivity index (χ1) is 7.25. The summed E-state index contributed by atoms with van der Waals surface area (Å²) in [5, 5.41) is 14.6. The summed E-state index contributed by atoms with van der Waals surface area (Å²) < 4.78 is 0. The Morgan fingerprint density at radius 2 is 2.40 bits per heavy atom. The van der Waals surface area contributed by atoms with E-state index in [9.17, 15) is 4.79 Å². The van der Waals surface area contributed by atoms with Gasteiger partial charge in [-0.15, -0.1) is 0 Å². The second-order valence-electron chi connectivity index (χ2n) is 3.00. The molecule has 0 saturated heterocycles. The van der Waals surface area contributed by atoms with E-state index < -0.39 is 5.97 Å². The molecule has 0 radical (unpaired) electrons. The largest absolute Gasteiger partial charge is 0.477 e. The maximum Gasteiger partial charge on any atom is 0.354 e. The zero-order valence-electron chi connectivity index (χ0n) is 7.90. The highest BCUT2D eigenvalue weighted by Gasteiger charge is 2.08. The molecule has 6 nitrogen and oxygen atoms in total. The van der Waals surface area contributed by atoms with Gasteiger partial charge in [0.05, 0.1) is 6.54 Å². The number of carboxylic acids is 1. The monoisotopic (exact) mass is 206 g/mol. The molecule has 15 heavy (non-hydrogen) atoms. The summed E-state index contributed by atoms with van der Waals surface area (Å²) >= 11 is 0. The number of hydrogen-bond acceptors (Lipinski definition) is 5. The van der Waals surface area contributed by atoms with Crippen molar-refractivity contribution >= 4 is 17.7 Å². The molecule has 0 aliphatic carbocycles. The van der Waals surface area contributed by atoms with Crippen molar-refractivity contribution in [2.75, 3.05) is 18.4 Å². The number of anilines is 1. The fourth-order valence-corrected chi connectivity index (χ4v) is 1.23. The molecule has 2 rings (SSSR count). The minimum Gasteiger partial charge on any atom is -0.477 e. The van der Waals surface area contributed by atoms with E-state index in [2.05, 4.69) is 20.6 Å². The lowest BCUT2D eigenvalue weighted by atomic mass is 10.3. The van der Waals surface area contributed by atoms with Crippen molar-refractivity contribution in [1.29, 1.82) is 0 Å². The Labute approximate surface area is 86.1 Å². The number of nitrogens with zero attached hydrogens (tertiary/aromatic N) is 2. The molecule has 0 atom stereocenters. The van der Waals surface area contributed by atoms with Crippen molar-refractivity contribution in [2.24, 2.45) is 4.99 Å². The van der Waals surface area contributed by atoms with E-state index in [0.29, 0.717) is 11.8 Å². The van der Waals surface area contributed by atoms with Crippen LogP contribution in [0, 0.1) is 0 Å². The first kappa shape index (κ1) is 9.45. The number of pyridine rings is 1. The highest BCUT2D eigenvalue weighted by atomic mass is 16.4. The molecule has 0 bridgehead atoms. The van der Waals surface area contributed by atoms with Crippen LogP contribution in [0.5, 0.6) is 0 Å². The SMILES string of the molecule is O=C(O)c1cccc(NC2=NCCN2)n1. The summed E-state index contributed by atoms with van der Waals surface area (Å²) in [6.45, 7) is 1.52. The van der Waals surface area contributed by atoms with Crippen LogP contribution in [0.25, 0.3) is 0 Å². The van der Waals surface area contributed by atoms with Gasteiger partial charge in [0.25, 0.3) is 0 Å². The lowest BCUT2D eigenvalue weighted by Crippen LogP contribution is -2.26. The molecule has 3 N–H and O–H groups in total. The predicted molar refractivity (Wildman–Crippen MR) is 55.1 cm³/mol. The molecule has 1 aliphatic rings. The molecular weight excluding hydrogens is 196 g/mol. The average Bonchev–Trinajstić information content (AvgIpc) is 2.71. The highest BCUT2D eigenvalue weighted by molar-refractivity contribution is 5.94. The minimum absolute atomic E-state index is 0.0126. The van der Waals surface area contributed by atoms with Crippen molar-refractivity contribution in [3.63, 3.8) is 0 Å². The number of carboxylic acid groups (broad SMARTS) is 1. The Morgan fingerprint density at radius 1 is 1.53 bits per heavy atom. The number of rotatable bonds is 2. The fourth-order valence-electron chi connectivity index (χ4n) is 1.23. The zero-order valence-corrected chi connectivity index (χ0v) is 7.90. The summed E-state index contributed by atoms with van der Waals surface area (Å²) in [6, 6.07) is 4.76. The molecule has 0 unspecified atom stereocenters. The number of aliphatic imine (C=N–C) groups is 1. The number of aromatic carboxylic acids is 1. The molecule has 1 aromatic heterocycles. The van der Waals surface area contributed by atoms with Crippen LogP contribution in [0.2, 0.25) is 0 Å². The Bertz CT molecular complexity index is 416. The molecular formula is C9H10N4O2. The van der Waals surface area contributed by atoms with E-state index in [1.807, 2.05) is 0 Å². The van der Waals surface area contributed by atoms with Gasteiger partial charge in [-0.1, -0.05) is 6.07 Å². The Morgan fingerprint density at radius 3 is 3.07 bits per heavy atom. The summed E-state index contributed by atoms with van der Waals surface area (Å²) in [4.78, 5) is 18.7. The van der Waals surface area contributed by atoms with Gasteiger partial charge in [-0.25, -0.2) is 9.78 Å². The van der Waals surface area contributed by atoms with Crippen molar-refractivity contribution in [3.05, 3.63) is 23.9 Å². The minimum atomic E-state index is -1.04. The van der Waals surface area contributed by atoms with Gasteiger partial charge in [-0.3, -0.25) is 4.99 Å². The Kier molecular flexibility index (Phi) is 2.49. The van der Waals surface area contributed by atoms with Gasteiger partial charge in [-0.05, 0) is 12.1 Å². The summed E-state index contributed by atoms with van der Waals surface area (Å²) in [5.41, 5.74) is 0.0126. The molecule has 0 saturated carbocycles. The molecule has 0 aromatic carbocycles. The molecule has 1 aromatic rings. The van der Waals surface area contributed by atoms with Crippen molar-refractivity contribution in [2.45, 2.75) is 0 Å². The highest BCUT2D eigenvalue weighted by Crippen LogP contribution is 2.05. The van der Waals surface area contributed by atoms with Crippen LogP contribution < -0.4 is 10.6 Å². The first-order valence-corrected chi connectivity index (χ1v) is 4.51. The van der Waals surface area contributed by atoms with Crippen LogP contribution in [0.4, 0.5) is 5.82 Å². The zero-order chi connectivity index (χ0) is 10.7. The number of carbonyl (C=O) groups is 1. The molecule has 2 heterocycles. The van der Waals surface area contributed by atoms with E-state index in [4.69, 9.17) is 5.11 Å². The fraction of sp³-hybridized carbons (Fsp3) is 0.222. The quantitative estimate of drug-likeness (QED) is 0.641. The molecule has 1 aliphatic heterocycles. The van der Waals surface area contributed by atoms with Crippen LogP contribution in [0.1, 0.15) is 10.5 Å². The third kappa shape index (κ3) is 2.22. The lowest BCUT2D eigenvalue weighted by molar-refractivity contribution is 0.0690. The predicted octanol–water partition coefficient (Wildman–Crippen LogP) is 0.151. The maximum atomic E-state index is 10.7. The first-order valence-electron chi connectivity index (χ1n) is 4.51. The number of nitrogens with one attached hydrogen (secondary N) is 2. The van der Waals surface area contributed by atoms with Crippen LogP contribution >= 0.6 is 0 Å². The average molecular weight is 206 g/mol. The lowest BCUT2D eigenvalue weighted by Gasteiger charge is -2.05. The van der Waals surface area contributed by atoms with Crippen LogP contribution in [0.3, 0.4) is 0 Å². The third-order valence-electron chi connectivity index (χ3n) is 1.89. The van der Waals surface area contributed by atoms with E-state index in [1.54, 1.807) is 12.1 Å². The van der Waals surface area contributed by atoms with Gasteiger partial charge in [0, 0.05) is 6.54 Å². The Balaban J connectivity index is 2.14. The molecule has 0 fully saturated rings. The second-order valence-corrected chi connectivity index (χ2v) is 3.00. The van der Waals surface area contributed by atoms with Crippen molar-refractivity contribution < 1.29 is 9.90 Å². The van der Waals surface area contributed by atoms with Gasteiger partial charge in [-0.2, -0.15) is 0 Å². The van der Waals surface area contributed by atoms with Gasteiger partial charge >= 0.3 is 5.97 Å². The van der Waals surface area contributed by atoms with Crippen LogP contribution in [-0.2, 0) is 0 Å². The van der Waals surface area contributed by atoms with E-state index in [1.165, 1.54) is 6.07 Å². The van der Waals surface area contributed by atoms with Gasteiger partial charge in [0.1, 0.15) is 5.82 Å². The number of hydrogen-bond donors (Lipinski definition) is 3. The van der Waals surface area contributed by atoms with Gasteiger partial charge < -0.3 is 15.7 Å². The van der Waals surface area contributed by atoms with Crippen LogP contribution in [0.15, 0.2) is 23.2 Å². The topological polar surface area (TPSA) is 86.6 Å². The smallest absolute Gasteiger partial charge is 0.354 e. The summed E-state index contributed by atoms with van der Waals surface area (Å²) in [6.07, 6.45) is 0. The summed E-state index contributed by atoms with van der Waals surface area (Å²) in [5.74, 6) is 0.0630. The molecule has 78 valence electrons. The van der Waals surface area contributed by atoms with Crippen molar-refractivity contribution in [1.82, 2.24) is 10.3 Å². The van der Waals surface area contributed by atoms with Gasteiger partial charge in [0.2, 0.25) is 0 Å².